The Bertz CT molecular complexity index is 751. The number of carbonyl (C=O) groups excluding carboxylic acids is 1. The van der Waals surface area contributed by atoms with Crippen molar-refractivity contribution in [3.8, 4) is 0 Å². The first-order chi connectivity index (χ1) is 10.7. The minimum Gasteiger partial charge on any atom is -0.460 e. The van der Waals surface area contributed by atoms with Crippen molar-refractivity contribution in [1.82, 2.24) is 4.72 Å². The monoisotopic (exact) mass is 703 g/mol. The summed E-state index contributed by atoms with van der Waals surface area (Å²) >= 11 is 6.02. The highest BCUT2D eigenvalue weighted by atomic mass is 127. The molecule has 0 fully saturated rings. The van der Waals surface area contributed by atoms with E-state index in [2.05, 4.69) is 0 Å². The molecule has 5 nitrogen and oxygen atoms in total. The van der Waals surface area contributed by atoms with E-state index >= 15 is 0 Å². The van der Waals surface area contributed by atoms with E-state index < -0.39 is 33.6 Å². The molecule has 0 bridgehead atoms. The number of rotatable bonds is 5. The molecular weight excluding hydrogens is 692 g/mol. The predicted molar refractivity (Wildman–Crippen MR) is 107 cm³/mol. The number of hydrogen-bond acceptors (Lipinski definition) is 4. The Morgan fingerprint density at radius 2 is 1.75 bits per heavy atom. The quantitative estimate of drug-likeness (QED) is 0.288. The largest absolute Gasteiger partial charge is 0.511 e. The summed E-state index contributed by atoms with van der Waals surface area (Å²) < 4.78 is 68.3. The summed E-state index contributed by atoms with van der Waals surface area (Å²) in [6.45, 7) is 1.82. The van der Waals surface area contributed by atoms with Crippen molar-refractivity contribution in [3.05, 3.63) is 28.4 Å². The molecule has 1 N–H and O–H groups in total. The Kier molecular flexibility index (Phi) is 7.61. The normalized spacial score (nSPS) is 13.0. The number of nitrogens with one attached hydrogen (secondary N) is 1. The van der Waals surface area contributed by atoms with Gasteiger partial charge in [-0.3, -0.25) is 0 Å². The number of alkyl halides is 3. The van der Waals surface area contributed by atoms with Gasteiger partial charge in [-0.25, -0.2) is 13.2 Å². The highest BCUT2D eigenvalue weighted by Crippen LogP contribution is 2.25. The Hall–Kier alpha value is 0.580. The number of hydrogen-bond donors (Lipinski definition) is 1. The van der Waals surface area contributed by atoms with E-state index in [0.29, 0.717) is 3.57 Å². The van der Waals surface area contributed by atoms with E-state index in [1.165, 1.54) is 18.6 Å². The molecule has 0 saturated heterocycles. The molecule has 0 aliphatic rings. The maximum atomic E-state index is 12.4. The van der Waals surface area contributed by atoms with Crippen LogP contribution in [0, 0.1) is 10.7 Å². The van der Waals surface area contributed by atoms with Crippen molar-refractivity contribution in [2.75, 3.05) is 6.61 Å². The van der Waals surface area contributed by atoms with Crippen LogP contribution in [0.3, 0.4) is 0 Å². The molecule has 0 aliphatic heterocycles. The van der Waals surface area contributed by atoms with Gasteiger partial charge in [0.05, 0.1) is 11.1 Å². The number of ether oxygens (including phenoxy) is 1. The molecule has 0 heterocycles. The van der Waals surface area contributed by atoms with Crippen LogP contribution in [0.4, 0.5) is 13.2 Å². The first-order valence-electron chi connectivity index (χ1n) is 6.08. The van der Waals surface area contributed by atoms with E-state index in [1.807, 2.05) is 73.8 Å². The van der Waals surface area contributed by atoms with E-state index in [4.69, 9.17) is 4.74 Å². The zero-order chi connectivity index (χ0) is 18.9. The summed E-state index contributed by atoms with van der Waals surface area (Å²) in [5.74, 6) is -0.741. The van der Waals surface area contributed by atoms with E-state index in [1.54, 1.807) is 6.07 Å². The molecule has 1 rings (SSSR count). The summed E-state index contributed by atoms with van der Waals surface area (Å²) in [6.07, 6.45) is 0. The fraction of sp³-hybridized carbons (Fsp3) is 0.417. The Morgan fingerprint density at radius 3 is 2.25 bits per heavy atom. The molecular formula is C12H11F3I3NO4S. The second-order valence-electron chi connectivity index (χ2n) is 5.26. The molecule has 1 aromatic carbocycles. The van der Waals surface area contributed by atoms with E-state index in [-0.39, 0.29) is 5.56 Å². The molecule has 0 aliphatic carbocycles. The van der Waals surface area contributed by atoms with Gasteiger partial charge in [-0.1, -0.05) is 0 Å². The topological polar surface area (TPSA) is 72.5 Å². The lowest BCUT2D eigenvalue weighted by atomic mass is 10.1. The third-order valence-electron chi connectivity index (χ3n) is 2.49. The van der Waals surface area contributed by atoms with Gasteiger partial charge in [0, 0.05) is 10.7 Å². The number of carbonyl (C=O) groups is 1. The Balaban J connectivity index is 2.87. The third kappa shape index (κ3) is 6.08. The van der Waals surface area contributed by atoms with Gasteiger partial charge in [0.2, 0.25) is 0 Å². The first-order valence-corrected chi connectivity index (χ1v) is 10.8. The summed E-state index contributed by atoms with van der Waals surface area (Å²) in [5, 5.41) is 0. The lowest BCUT2D eigenvalue weighted by Gasteiger charge is -2.26. The Labute approximate surface area is 177 Å². The minimum absolute atomic E-state index is 0.265. The van der Waals surface area contributed by atoms with Gasteiger partial charge in [-0.2, -0.15) is 17.9 Å². The molecule has 0 amide bonds. The first kappa shape index (κ1) is 22.6. The summed E-state index contributed by atoms with van der Waals surface area (Å²) in [6, 6.07) is 3.43. The fourth-order valence-corrected chi connectivity index (χ4v) is 4.76. The molecule has 0 saturated carbocycles. The maximum Gasteiger partial charge on any atom is 0.511 e. The molecule has 0 spiro atoms. The van der Waals surface area contributed by atoms with Crippen LogP contribution in [0.15, 0.2) is 12.1 Å². The van der Waals surface area contributed by atoms with Gasteiger partial charge < -0.3 is 4.74 Å². The average Bonchev–Trinajstić information content (AvgIpc) is 2.37. The highest BCUT2D eigenvalue weighted by Gasteiger charge is 2.48. The van der Waals surface area contributed by atoms with Crippen LogP contribution in [-0.2, 0) is 14.8 Å². The second kappa shape index (κ2) is 8.08. The van der Waals surface area contributed by atoms with Crippen molar-refractivity contribution in [1.29, 1.82) is 0 Å². The van der Waals surface area contributed by atoms with Gasteiger partial charge in [0.1, 0.15) is 6.61 Å². The van der Waals surface area contributed by atoms with Gasteiger partial charge in [-0.15, -0.1) is 0 Å². The van der Waals surface area contributed by atoms with Crippen LogP contribution in [0.2, 0.25) is 0 Å². The lowest BCUT2D eigenvalue weighted by Crippen LogP contribution is -2.51. The average molecular weight is 703 g/mol. The zero-order valence-electron chi connectivity index (χ0n) is 12.2. The number of benzene rings is 1. The molecule has 136 valence electrons. The van der Waals surface area contributed by atoms with Crippen LogP contribution in [0.25, 0.3) is 0 Å². The standard InChI is InChI=1S/C12H11F3I3NO4S/c1-11(2,19-24(21,22)12(13,14)15)5-23-10(20)7-3-6(16)4-8(17)9(7)18/h3-4,19H,5H2,1-2H3. The number of halogens is 6. The smallest absolute Gasteiger partial charge is 0.460 e. The van der Waals surface area contributed by atoms with Gasteiger partial charge in [0.15, 0.2) is 0 Å². The van der Waals surface area contributed by atoms with Gasteiger partial charge in [-0.05, 0) is 93.8 Å². The predicted octanol–water partition coefficient (Wildman–Crippen LogP) is 3.88. The van der Waals surface area contributed by atoms with Crippen LogP contribution in [0.5, 0.6) is 0 Å². The minimum atomic E-state index is -5.53. The second-order valence-corrected chi connectivity index (χ2v) is 10.4. The lowest BCUT2D eigenvalue weighted by molar-refractivity contribution is -0.0459. The zero-order valence-corrected chi connectivity index (χ0v) is 19.5. The third-order valence-corrected chi connectivity index (χ3v) is 7.59. The summed E-state index contributed by atoms with van der Waals surface area (Å²) in [4.78, 5) is 12.1. The van der Waals surface area contributed by atoms with Crippen LogP contribution >= 0.6 is 67.8 Å². The number of sulfonamides is 1. The van der Waals surface area contributed by atoms with Crippen molar-refractivity contribution < 1.29 is 31.1 Å². The van der Waals surface area contributed by atoms with E-state index in [0.717, 1.165) is 7.14 Å². The van der Waals surface area contributed by atoms with Crippen molar-refractivity contribution in [2.24, 2.45) is 0 Å². The van der Waals surface area contributed by atoms with Crippen molar-refractivity contribution in [3.63, 3.8) is 0 Å². The van der Waals surface area contributed by atoms with Crippen LogP contribution < -0.4 is 4.72 Å². The molecule has 24 heavy (non-hydrogen) atoms. The van der Waals surface area contributed by atoms with Crippen LogP contribution in [0.1, 0.15) is 24.2 Å². The summed E-state index contributed by atoms with van der Waals surface area (Å²) in [5.41, 5.74) is -6.79. The molecule has 0 aromatic heterocycles. The maximum absolute atomic E-state index is 12.4. The van der Waals surface area contributed by atoms with Gasteiger partial charge in [0.25, 0.3) is 0 Å². The number of esters is 1. The van der Waals surface area contributed by atoms with Crippen molar-refractivity contribution in [2.45, 2.75) is 24.9 Å². The fourth-order valence-electron chi connectivity index (χ4n) is 1.48. The highest BCUT2D eigenvalue weighted by molar-refractivity contribution is 14.1. The van der Waals surface area contributed by atoms with E-state index in [9.17, 15) is 26.4 Å². The van der Waals surface area contributed by atoms with Crippen molar-refractivity contribution >= 4 is 83.8 Å². The van der Waals surface area contributed by atoms with Gasteiger partial charge >= 0.3 is 21.5 Å². The molecule has 12 heteroatoms. The molecule has 0 radical (unpaired) electrons. The SMILES string of the molecule is CC(C)(COC(=O)c1cc(I)cc(I)c1I)NS(=O)(=O)C(F)(F)F. The Morgan fingerprint density at radius 1 is 1.21 bits per heavy atom. The molecule has 1 aromatic rings. The molecule has 0 unspecified atom stereocenters. The molecule has 0 atom stereocenters. The van der Waals surface area contributed by atoms with Crippen LogP contribution in [-0.4, -0.2) is 32.0 Å². The summed E-state index contributed by atoms with van der Waals surface area (Å²) in [7, 11) is -5.53.